The second kappa shape index (κ2) is 4.28. The summed E-state index contributed by atoms with van der Waals surface area (Å²) in [6, 6.07) is 7.89. The van der Waals surface area contributed by atoms with Crippen molar-refractivity contribution >= 4 is 11.5 Å². The summed E-state index contributed by atoms with van der Waals surface area (Å²) < 4.78 is 1.79. The van der Waals surface area contributed by atoms with E-state index in [1.165, 1.54) is 5.56 Å². The van der Waals surface area contributed by atoms with Gasteiger partial charge in [-0.25, -0.2) is 4.98 Å². The minimum Gasteiger partial charge on any atom is -0.390 e. The zero-order chi connectivity index (χ0) is 13.5. The van der Waals surface area contributed by atoms with Gasteiger partial charge in [0.25, 0.3) is 0 Å². The Labute approximate surface area is 115 Å². The van der Waals surface area contributed by atoms with Gasteiger partial charge in [0.2, 0.25) is 5.65 Å². The Kier molecular flexibility index (Phi) is 2.43. The Morgan fingerprint density at radius 3 is 3.15 bits per heavy atom. The molecule has 1 aliphatic carbocycles. The van der Waals surface area contributed by atoms with E-state index >= 15 is 0 Å². The molecule has 2 aromatic heterocycles. The molecule has 20 heavy (non-hydrogen) atoms. The maximum atomic E-state index is 10.3. The fourth-order valence-electron chi connectivity index (χ4n) is 2.76. The van der Waals surface area contributed by atoms with Gasteiger partial charge in [0.05, 0.1) is 12.1 Å². The first-order valence-electron chi connectivity index (χ1n) is 6.49. The van der Waals surface area contributed by atoms with Gasteiger partial charge < -0.3 is 10.4 Å². The van der Waals surface area contributed by atoms with Gasteiger partial charge in [-0.15, -0.1) is 10.2 Å². The minimum atomic E-state index is -0.461. The van der Waals surface area contributed by atoms with E-state index in [9.17, 15) is 5.11 Å². The molecule has 0 bridgehead atoms. The molecular formula is C14H13N5O. The maximum Gasteiger partial charge on any atom is 0.203 e. The predicted octanol–water partition coefficient (Wildman–Crippen LogP) is 1.19. The number of hydrogen-bond donors (Lipinski definition) is 2. The third kappa shape index (κ3) is 1.65. The van der Waals surface area contributed by atoms with Crippen LogP contribution < -0.4 is 5.32 Å². The topological polar surface area (TPSA) is 75.3 Å². The third-order valence-electron chi connectivity index (χ3n) is 3.71. The van der Waals surface area contributed by atoms with Gasteiger partial charge in [0, 0.05) is 18.8 Å². The van der Waals surface area contributed by atoms with Gasteiger partial charge in [-0.1, -0.05) is 24.3 Å². The summed E-state index contributed by atoms with van der Waals surface area (Å²) >= 11 is 0. The number of anilines is 1. The number of aliphatic hydroxyl groups is 1. The van der Waals surface area contributed by atoms with Crippen LogP contribution in [0, 0.1) is 0 Å². The summed E-state index contributed by atoms with van der Waals surface area (Å²) in [5.41, 5.74) is 2.94. The molecule has 2 heterocycles. The molecule has 2 N–H and O–H groups in total. The standard InChI is InChI=1S/C14H13N5O/c20-11-7-9-3-1-2-4-10(9)12(11)17-13-14-18-16-8-19(14)6-5-15-13/h1-6,8,11-12,20H,7H2,(H,15,17)/t11-,12+/m1/s1. The third-order valence-corrected chi connectivity index (χ3v) is 3.71. The van der Waals surface area contributed by atoms with Gasteiger partial charge >= 0.3 is 0 Å². The van der Waals surface area contributed by atoms with E-state index in [0.29, 0.717) is 17.9 Å². The normalized spacial score (nSPS) is 21.1. The molecule has 0 spiro atoms. The Morgan fingerprint density at radius 2 is 2.20 bits per heavy atom. The number of nitrogens with one attached hydrogen (secondary N) is 1. The number of benzene rings is 1. The molecule has 0 saturated carbocycles. The van der Waals surface area contributed by atoms with Gasteiger partial charge in [0.1, 0.15) is 6.33 Å². The molecule has 0 unspecified atom stereocenters. The average molecular weight is 267 g/mol. The molecule has 1 aromatic carbocycles. The Bertz CT molecular complexity index is 769. The summed E-state index contributed by atoms with van der Waals surface area (Å²) in [5, 5.41) is 21.5. The number of rotatable bonds is 2. The monoisotopic (exact) mass is 267 g/mol. The molecule has 3 aromatic rings. The van der Waals surface area contributed by atoms with E-state index < -0.39 is 6.10 Å². The number of hydrogen-bond acceptors (Lipinski definition) is 5. The van der Waals surface area contributed by atoms with E-state index in [0.717, 1.165) is 5.56 Å². The molecular weight excluding hydrogens is 254 g/mol. The van der Waals surface area contributed by atoms with Gasteiger partial charge in [-0.2, -0.15) is 0 Å². The molecule has 2 atom stereocenters. The fourth-order valence-corrected chi connectivity index (χ4v) is 2.76. The Hall–Kier alpha value is -2.47. The molecule has 0 aliphatic heterocycles. The van der Waals surface area contributed by atoms with Crippen LogP contribution in [0.3, 0.4) is 0 Å². The molecule has 0 amide bonds. The van der Waals surface area contributed by atoms with Crippen LogP contribution in [0.5, 0.6) is 0 Å². The van der Waals surface area contributed by atoms with Crippen molar-refractivity contribution in [3.05, 3.63) is 54.1 Å². The average Bonchev–Trinajstić information content (AvgIpc) is 3.05. The molecule has 1 aliphatic rings. The summed E-state index contributed by atoms with van der Waals surface area (Å²) in [5.74, 6) is 0.630. The van der Waals surface area contributed by atoms with Gasteiger partial charge in [0.15, 0.2) is 5.82 Å². The lowest BCUT2D eigenvalue weighted by Crippen LogP contribution is -2.22. The number of nitrogens with zero attached hydrogens (tertiary/aromatic N) is 4. The van der Waals surface area contributed by atoms with Gasteiger partial charge in [-0.3, -0.25) is 4.40 Å². The second-order valence-corrected chi connectivity index (χ2v) is 4.93. The fraction of sp³-hybridized carbons (Fsp3) is 0.214. The van der Waals surface area contributed by atoms with E-state index in [4.69, 9.17) is 0 Å². The lowest BCUT2D eigenvalue weighted by molar-refractivity contribution is 0.165. The van der Waals surface area contributed by atoms with Crippen LogP contribution in [0.4, 0.5) is 5.82 Å². The molecule has 6 nitrogen and oxygen atoms in total. The van der Waals surface area contributed by atoms with Crippen LogP contribution in [0.2, 0.25) is 0 Å². The van der Waals surface area contributed by atoms with Crippen LogP contribution in [0.25, 0.3) is 5.65 Å². The SMILES string of the molecule is O[C@@H]1Cc2ccccc2[C@@H]1Nc1nccn2cnnc12. The van der Waals surface area contributed by atoms with Crippen molar-refractivity contribution in [3.63, 3.8) is 0 Å². The van der Waals surface area contributed by atoms with E-state index in [2.05, 4.69) is 20.5 Å². The van der Waals surface area contributed by atoms with Crippen LogP contribution >= 0.6 is 0 Å². The molecule has 100 valence electrons. The molecule has 0 saturated heterocycles. The molecule has 4 rings (SSSR count). The highest BCUT2D eigenvalue weighted by Gasteiger charge is 2.31. The van der Waals surface area contributed by atoms with Crippen molar-refractivity contribution in [2.45, 2.75) is 18.6 Å². The van der Waals surface area contributed by atoms with Crippen LogP contribution in [-0.4, -0.2) is 30.8 Å². The lowest BCUT2D eigenvalue weighted by Gasteiger charge is -2.18. The number of aromatic nitrogens is 4. The van der Waals surface area contributed by atoms with Crippen molar-refractivity contribution in [2.24, 2.45) is 0 Å². The Morgan fingerprint density at radius 1 is 1.30 bits per heavy atom. The van der Waals surface area contributed by atoms with E-state index in [-0.39, 0.29) is 6.04 Å². The molecule has 6 heteroatoms. The maximum absolute atomic E-state index is 10.3. The predicted molar refractivity (Wildman–Crippen MR) is 73.3 cm³/mol. The summed E-state index contributed by atoms with van der Waals surface area (Å²) in [4.78, 5) is 4.30. The first-order valence-corrected chi connectivity index (χ1v) is 6.49. The van der Waals surface area contributed by atoms with E-state index in [1.807, 2.05) is 24.3 Å². The van der Waals surface area contributed by atoms with Gasteiger partial charge in [-0.05, 0) is 11.1 Å². The zero-order valence-electron chi connectivity index (χ0n) is 10.6. The highest BCUT2D eigenvalue weighted by molar-refractivity contribution is 5.63. The summed E-state index contributed by atoms with van der Waals surface area (Å²) in [7, 11) is 0. The molecule has 0 fully saturated rings. The zero-order valence-corrected chi connectivity index (χ0v) is 10.6. The minimum absolute atomic E-state index is 0.165. The first kappa shape index (κ1) is 11.4. The Balaban J connectivity index is 1.74. The van der Waals surface area contributed by atoms with Crippen molar-refractivity contribution in [1.82, 2.24) is 19.6 Å². The first-order chi connectivity index (χ1) is 9.83. The highest BCUT2D eigenvalue weighted by atomic mass is 16.3. The molecule has 0 radical (unpaired) electrons. The summed E-state index contributed by atoms with van der Waals surface area (Å²) in [6.07, 6.45) is 5.30. The highest BCUT2D eigenvalue weighted by Crippen LogP contribution is 2.34. The van der Waals surface area contributed by atoms with Crippen molar-refractivity contribution in [2.75, 3.05) is 5.32 Å². The number of fused-ring (bicyclic) bond motifs is 2. The van der Waals surface area contributed by atoms with E-state index in [1.54, 1.807) is 23.1 Å². The second-order valence-electron chi connectivity index (χ2n) is 4.93. The van der Waals surface area contributed by atoms with Crippen LogP contribution in [0.15, 0.2) is 43.0 Å². The smallest absolute Gasteiger partial charge is 0.203 e. The van der Waals surface area contributed by atoms with Crippen LogP contribution in [0.1, 0.15) is 17.2 Å². The van der Waals surface area contributed by atoms with Crippen molar-refractivity contribution < 1.29 is 5.11 Å². The summed E-state index contributed by atoms with van der Waals surface area (Å²) in [6.45, 7) is 0. The van der Waals surface area contributed by atoms with Crippen molar-refractivity contribution in [1.29, 1.82) is 0 Å². The largest absolute Gasteiger partial charge is 0.390 e. The van der Waals surface area contributed by atoms with Crippen LogP contribution in [-0.2, 0) is 6.42 Å². The quantitative estimate of drug-likeness (QED) is 0.729. The van der Waals surface area contributed by atoms with Crippen molar-refractivity contribution in [3.8, 4) is 0 Å². The number of aliphatic hydroxyl groups excluding tert-OH is 1. The lowest BCUT2D eigenvalue weighted by atomic mass is 10.1.